The summed E-state index contributed by atoms with van der Waals surface area (Å²) in [6, 6.07) is 8.13. The predicted molar refractivity (Wildman–Crippen MR) is 69.1 cm³/mol. The van der Waals surface area contributed by atoms with Crippen molar-refractivity contribution in [3.8, 4) is 0 Å². The number of anilines is 1. The van der Waals surface area contributed by atoms with Gasteiger partial charge in [0.15, 0.2) is 0 Å². The maximum Gasteiger partial charge on any atom is 0.0317 e. The summed E-state index contributed by atoms with van der Waals surface area (Å²) in [4.78, 5) is 0. The smallest absolute Gasteiger partial charge is 0.0317 e. The van der Waals surface area contributed by atoms with Gasteiger partial charge < -0.3 is 11.1 Å². The van der Waals surface area contributed by atoms with Crippen molar-refractivity contribution in [1.29, 1.82) is 0 Å². The van der Waals surface area contributed by atoms with E-state index in [9.17, 15) is 0 Å². The topological polar surface area (TPSA) is 38.0 Å². The molecule has 1 fully saturated rings. The summed E-state index contributed by atoms with van der Waals surface area (Å²) < 4.78 is 0. The van der Waals surface area contributed by atoms with Gasteiger partial charge in [-0.3, -0.25) is 0 Å². The summed E-state index contributed by atoms with van der Waals surface area (Å²) in [6.45, 7) is 4.40. The SMILES string of the molecule is CCC1(CNCc2cccc(N)c2)CCC1. The number of hydrogen-bond acceptors (Lipinski definition) is 2. The Bertz CT molecular complexity index is 337. The number of hydrogen-bond donors (Lipinski definition) is 2. The van der Waals surface area contributed by atoms with E-state index >= 15 is 0 Å². The Labute approximate surface area is 98.2 Å². The van der Waals surface area contributed by atoms with Crippen LogP contribution in [-0.2, 0) is 6.54 Å². The largest absolute Gasteiger partial charge is 0.399 e. The molecule has 0 spiro atoms. The van der Waals surface area contributed by atoms with E-state index in [0.717, 1.165) is 18.8 Å². The number of nitrogens with two attached hydrogens (primary N) is 1. The van der Waals surface area contributed by atoms with Crippen LogP contribution in [0.5, 0.6) is 0 Å². The Balaban J connectivity index is 1.79. The molecule has 0 aromatic heterocycles. The van der Waals surface area contributed by atoms with Crippen LogP contribution in [0.15, 0.2) is 24.3 Å². The minimum Gasteiger partial charge on any atom is -0.399 e. The van der Waals surface area contributed by atoms with Crippen molar-refractivity contribution in [2.24, 2.45) is 5.41 Å². The third kappa shape index (κ3) is 2.56. The van der Waals surface area contributed by atoms with E-state index in [1.54, 1.807) is 0 Å². The molecule has 0 heterocycles. The molecule has 0 unspecified atom stereocenters. The van der Waals surface area contributed by atoms with Crippen molar-refractivity contribution in [2.45, 2.75) is 39.2 Å². The minimum atomic E-state index is 0.598. The van der Waals surface area contributed by atoms with E-state index in [-0.39, 0.29) is 0 Å². The van der Waals surface area contributed by atoms with Crippen molar-refractivity contribution in [1.82, 2.24) is 5.32 Å². The quantitative estimate of drug-likeness (QED) is 0.746. The molecule has 2 nitrogen and oxygen atoms in total. The molecule has 0 bridgehead atoms. The Morgan fingerprint density at radius 3 is 2.75 bits per heavy atom. The first-order valence-electron chi connectivity index (χ1n) is 6.29. The van der Waals surface area contributed by atoms with E-state index in [1.807, 2.05) is 18.2 Å². The predicted octanol–water partition coefficient (Wildman–Crippen LogP) is 2.94. The molecule has 1 aliphatic rings. The molecule has 2 heteroatoms. The molecule has 0 atom stereocenters. The normalized spacial score (nSPS) is 18.1. The summed E-state index contributed by atoms with van der Waals surface area (Å²) in [5, 5.41) is 3.57. The molecule has 1 aliphatic carbocycles. The van der Waals surface area contributed by atoms with Crippen molar-refractivity contribution < 1.29 is 0 Å². The van der Waals surface area contributed by atoms with Gasteiger partial charge in [-0.1, -0.05) is 25.5 Å². The lowest BCUT2D eigenvalue weighted by Crippen LogP contribution is -2.39. The maximum atomic E-state index is 5.75. The number of nitrogen functional groups attached to an aromatic ring is 1. The molecule has 0 saturated heterocycles. The molecule has 1 saturated carbocycles. The first kappa shape index (κ1) is 11.5. The highest BCUT2D eigenvalue weighted by molar-refractivity contribution is 5.40. The van der Waals surface area contributed by atoms with Gasteiger partial charge >= 0.3 is 0 Å². The van der Waals surface area contributed by atoms with Gasteiger partial charge in [0.25, 0.3) is 0 Å². The second-order valence-electron chi connectivity index (χ2n) is 5.06. The van der Waals surface area contributed by atoms with Crippen LogP contribution in [0, 0.1) is 5.41 Å². The molecular weight excluding hydrogens is 196 g/mol. The van der Waals surface area contributed by atoms with Gasteiger partial charge in [0.2, 0.25) is 0 Å². The highest BCUT2D eigenvalue weighted by Gasteiger charge is 2.34. The monoisotopic (exact) mass is 218 g/mol. The highest BCUT2D eigenvalue weighted by atomic mass is 14.9. The van der Waals surface area contributed by atoms with E-state index < -0.39 is 0 Å². The second-order valence-corrected chi connectivity index (χ2v) is 5.06. The Kier molecular flexibility index (Phi) is 3.49. The zero-order valence-corrected chi connectivity index (χ0v) is 10.1. The van der Waals surface area contributed by atoms with Crippen molar-refractivity contribution in [3.05, 3.63) is 29.8 Å². The lowest BCUT2D eigenvalue weighted by molar-refractivity contribution is 0.124. The molecule has 16 heavy (non-hydrogen) atoms. The van der Waals surface area contributed by atoms with Gasteiger partial charge in [0.05, 0.1) is 0 Å². The van der Waals surface area contributed by atoms with Crippen LogP contribution in [0.4, 0.5) is 5.69 Å². The van der Waals surface area contributed by atoms with Crippen LogP contribution in [0.3, 0.4) is 0 Å². The van der Waals surface area contributed by atoms with Gasteiger partial charge in [-0.15, -0.1) is 0 Å². The Hall–Kier alpha value is -1.02. The van der Waals surface area contributed by atoms with Crippen LogP contribution in [-0.4, -0.2) is 6.54 Å². The van der Waals surface area contributed by atoms with Crippen LogP contribution < -0.4 is 11.1 Å². The minimum absolute atomic E-state index is 0.598. The lowest BCUT2D eigenvalue weighted by atomic mass is 9.67. The molecule has 2 rings (SSSR count). The molecule has 1 aromatic carbocycles. The maximum absolute atomic E-state index is 5.75. The average Bonchev–Trinajstić information content (AvgIpc) is 2.22. The molecule has 3 N–H and O–H groups in total. The fourth-order valence-corrected chi connectivity index (χ4v) is 2.51. The Morgan fingerprint density at radius 1 is 1.38 bits per heavy atom. The number of rotatable bonds is 5. The van der Waals surface area contributed by atoms with Crippen LogP contribution in [0.1, 0.15) is 38.2 Å². The fraction of sp³-hybridized carbons (Fsp3) is 0.571. The van der Waals surface area contributed by atoms with E-state index in [0.29, 0.717) is 5.41 Å². The number of benzene rings is 1. The molecule has 1 aromatic rings. The molecule has 0 aliphatic heterocycles. The summed E-state index contributed by atoms with van der Waals surface area (Å²) in [6.07, 6.45) is 5.51. The third-order valence-electron chi connectivity index (χ3n) is 3.94. The first-order valence-corrected chi connectivity index (χ1v) is 6.29. The van der Waals surface area contributed by atoms with E-state index in [2.05, 4.69) is 18.3 Å². The summed E-state index contributed by atoms with van der Waals surface area (Å²) in [7, 11) is 0. The summed E-state index contributed by atoms with van der Waals surface area (Å²) in [5.41, 5.74) is 8.49. The molecule has 0 radical (unpaired) electrons. The zero-order valence-electron chi connectivity index (χ0n) is 10.1. The second kappa shape index (κ2) is 4.88. The third-order valence-corrected chi connectivity index (χ3v) is 3.94. The van der Waals surface area contributed by atoms with Crippen molar-refractivity contribution >= 4 is 5.69 Å². The zero-order chi connectivity index (χ0) is 11.4. The number of nitrogens with one attached hydrogen (secondary N) is 1. The van der Waals surface area contributed by atoms with Gasteiger partial charge in [0, 0.05) is 18.8 Å². The average molecular weight is 218 g/mol. The fourth-order valence-electron chi connectivity index (χ4n) is 2.51. The Morgan fingerprint density at radius 2 is 2.19 bits per heavy atom. The van der Waals surface area contributed by atoms with Gasteiger partial charge in [0.1, 0.15) is 0 Å². The lowest BCUT2D eigenvalue weighted by Gasteiger charge is -2.41. The molecular formula is C14H22N2. The molecule has 0 amide bonds. The van der Waals surface area contributed by atoms with Crippen LogP contribution in [0.2, 0.25) is 0 Å². The first-order chi connectivity index (χ1) is 7.74. The van der Waals surface area contributed by atoms with Crippen LogP contribution >= 0.6 is 0 Å². The van der Waals surface area contributed by atoms with Crippen molar-refractivity contribution in [3.63, 3.8) is 0 Å². The standard InChI is InChI=1S/C14H22N2/c1-2-14(7-4-8-14)11-16-10-12-5-3-6-13(15)9-12/h3,5-6,9,16H,2,4,7-8,10-11,15H2,1H3. The summed E-state index contributed by atoms with van der Waals surface area (Å²) >= 11 is 0. The summed E-state index contributed by atoms with van der Waals surface area (Å²) in [5.74, 6) is 0. The van der Waals surface area contributed by atoms with Crippen molar-refractivity contribution in [2.75, 3.05) is 12.3 Å². The van der Waals surface area contributed by atoms with Gasteiger partial charge in [-0.25, -0.2) is 0 Å². The highest BCUT2D eigenvalue weighted by Crippen LogP contribution is 2.43. The van der Waals surface area contributed by atoms with Crippen LogP contribution in [0.25, 0.3) is 0 Å². The van der Waals surface area contributed by atoms with E-state index in [4.69, 9.17) is 5.73 Å². The molecule has 88 valence electrons. The van der Waals surface area contributed by atoms with E-state index in [1.165, 1.54) is 31.2 Å². The van der Waals surface area contributed by atoms with Gasteiger partial charge in [-0.2, -0.15) is 0 Å². The van der Waals surface area contributed by atoms with Gasteiger partial charge in [-0.05, 0) is 42.4 Å².